The number of aryl methyl sites for hydroxylation is 1. The van der Waals surface area contributed by atoms with Crippen molar-refractivity contribution >= 4 is 45.2 Å². The Morgan fingerprint density at radius 3 is 2.49 bits per heavy atom. The number of benzene rings is 3. The number of nitrogens with zero attached hydrogens (tertiary/aromatic N) is 2. The molecule has 39 heavy (non-hydrogen) atoms. The minimum Gasteiger partial charge on any atom is -0.307 e. The van der Waals surface area contributed by atoms with Crippen LogP contribution in [0.5, 0.6) is 0 Å². The lowest BCUT2D eigenvalue weighted by Gasteiger charge is -2.14. The number of hydrogen-bond donors (Lipinski definition) is 2. The first-order valence-electron chi connectivity index (χ1n) is 13.1. The van der Waals surface area contributed by atoms with E-state index in [-0.39, 0.29) is 22.5 Å². The molecule has 1 atom stereocenters. The van der Waals surface area contributed by atoms with Crippen LogP contribution in [-0.4, -0.2) is 26.7 Å². The van der Waals surface area contributed by atoms with Crippen molar-refractivity contribution in [3.8, 4) is 17.5 Å². The van der Waals surface area contributed by atoms with E-state index in [4.69, 9.17) is 5.10 Å². The fourth-order valence-corrected chi connectivity index (χ4v) is 5.54. The lowest BCUT2D eigenvalue weighted by molar-refractivity contribution is -0.113. The van der Waals surface area contributed by atoms with Gasteiger partial charge in [-0.05, 0) is 43.0 Å². The highest BCUT2D eigenvalue weighted by atomic mass is 32.2. The van der Waals surface area contributed by atoms with E-state index in [1.807, 2.05) is 73.7 Å². The van der Waals surface area contributed by atoms with Crippen LogP contribution in [0.4, 0.5) is 16.3 Å². The van der Waals surface area contributed by atoms with E-state index >= 15 is 0 Å². The molecule has 0 aliphatic carbocycles. The Kier molecular flexibility index (Phi) is 7.49. The summed E-state index contributed by atoms with van der Waals surface area (Å²) in [6, 6.07) is 21.3. The Hall–Kier alpha value is -4.02. The monoisotopic (exact) mass is 536 g/mol. The van der Waals surface area contributed by atoms with E-state index in [9.17, 15) is 9.59 Å². The van der Waals surface area contributed by atoms with Gasteiger partial charge < -0.3 is 5.32 Å². The Labute approximate surface area is 233 Å². The SMILES string of the molecule is Cc1ccc(-n2nc(C(C)(C)C)cc2NC(=O)Nc2ccc(C#CCC3CCSC3=O)c3ccccc23)cc1. The largest absolute Gasteiger partial charge is 0.324 e. The number of urea groups is 1. The van der Waals surface area contributed by atoms with Gasteiger partial charge in [-0.1, -0.05) is 86.3 Å². The molecule has 198 valence electrons. The van der Waals surface area contributed by atoms with E-state index in [1.54, 1.807) is 4.68 Å². The maximum atomic E-state index is 13.2. The van der Waals surface area contributed by atoms with E-state index in [1.165, 1.54) is 11.8 Å². The third-order valence-electron chi connectivity index (χ3n) is 6.79. The summed E-state index contributed by atoms with van der Waals surface area (Å²) in [7, 11) is 0. The Bertz CT molecular complexity index is 1600. The van der Waals surface area contributed by atoms with Crippen LogP contribution in [-0.2, 0) is 10.2 Å². The number of carbonyl (C=O) groups excluding carboxylic acids is 2. The molecule has 0 saturated carbocycles. The zero-order valence-electron chi connectivity index (χ0n) is 22.7. The van der Waals surface area contributed by atoms with E-state index in [0.29, 0.717) is 17.9 Å². The number of rotatable bonds is 4. The molecule has 4 aromatic rings. The number of carbonyl (C=O) groups is 2. The van der Waals surface area contributed by atoms with Gasteiger partial charge in [0.25, 0.3) is 0 Å². The maximum Gasteiger partial charge on any atom is 0.324 e. The molecule has 1 aliphatic rings. The maximum absolute atomic E-state index is 13.2. The quantitative estimate of drug-likeness (QED) is 0.268. The first kappa shape index (κ1) is 26.6. The number of hydrogen-bond acceptors (Lipinski definition) is 4. The second kappa shape index (κ2) is 11.0. The van der Waals surface area contributed by atoms with Crippen LogP contribution < -0.4 is 10.6 Å². The van der Waals surface area contributed by atoms with E-state index in [2.05, 4.69) is 43.2 Å². The van der Waals surface area contributed by atoms with E-state index < -0.39 is 0 Å². The first-order valence-corrected chi connectivity index (χ1v) is 14.1. The molecule has 0 spiro atoms. The molecule has 3 aromatic carbocycles. The Balaban J connectivity index is 1.39. The average molecular weight is 537 g/mol. The molecule has 2 N–H and O–H groups in total. The predicted molar refractivity (Wildman–Crippen MR) is 161 cm³/mol. The van der Waals surface area contributed by atoms with Crippen LogP contribution in [0.3, 0.4) is 0 Å². The van der Waals surface area contributed by atoms with Crippen molar-refractivity contribution in [3.05, 3.63) is 83.6 Å². The van der Waals surface area contributed by atoms with Crippen molar-refractivity contribution in [2.45, 2.75) is 46.0 Å². The fourth-order valence-electron chi connectivity index (χ4n) is 4.50. The lowest BCUT2D eigenvalue weighted by atomic mass is 9.92. The summed E-state index contributed by atoms with van der Waals surface area (Å²) in [5, 5.41) is 12.9. The predicted octanol–water partition coefficient (Wildman–Crippen LogP) is 7.30. The molecule has 7 heteroatoms. The second-order valence-corrected chi connectivity index (χ2v) is 12.0. The lowest BCUT2D eigenvalue weighted by Crippen LogP contribution is -2.21. The van der Waals surface area contributed by atoms with Gasteiger partial charge in [-0.15, -0.1) is 0 Å². The number of amides is 2. The van der Waals surface area contributed by atoms with Gasteiger partial charge >= 0.3 is 6.03 Å². The third-order valence-corrected chi connectivity index (χ3v) is 7.84. The van der Waals surface area contributed by atoms with Crippen molar-refractivity contribution < 1.29 is 9.59 Å². The molecule has 5 rings (SSSR count). The van der Waals surface area contributed by atoms with Crippen LogP contribution in [0.25, 0.3) is 16.5 Å². The average Bonchev–Trinajstić information content (AvgIpc) is 3.52. The van der Waals surface area contributed by atoms with Gasteiger partial charge in [-0.3, -0.25) is 10.1 Å². The van der Waals surface area contributed by atoms with Crippen molar-refractivity contribution in [2.24, 2.45) is 5.92 Å². The summed E-state index contributed by atoms with van der Waals surface area (Å²) < 4.78 is 1.77. The topological polar surface area (TPSA) is 76.0 Å². The van der Waals surface area contributed by atoms with Crippen LogP contribution in [0.2, 0.25) is 0 Å². The van der Waals surface area contributed by atoms with Crippen LogP contribution in [0, 0.1) is 24.7 Å². The number of nitrogens with one attached hydrogen (secondary N) is 2. The van der Waals surface area contributed by atoms with Crippen molar-refractivity contribution in [3.63, 3.8) is 0 Å². The van der Waals surface area contributed by atoms with Crippen molar-refractivity contribution in [1.82, 2.24) is 9.78 Å². The number of anilines is 2. The van der Waals surface area contributed by atoms with Crippen molar-refractivity contribution in [1.29, 1.82) is 0 Å². The van der Waals surface area contributed by atoms with Gasteiger partial charge in [0.2, 0.25) is 0 Å². The van der Waals surface area contributed by atoms with Gasteiger partial charge in [0.05, 0.1) is 17.1 Å². The smallest absolute Gasteiger partial charge is 0.307 e. The number of fused-ring (bicyclic) bond motifs is 1. The summed E-state index contributed by atoms with van der Waals surface area (Å²) in [4.78, 5) is 25.1. The van der Waals surface area contributed by atoms with Gasteiger partial charge in [0.1, 0.15) is 5.82 Å². The molecule has 2 amide bonds. The minimum absolute atomic E-state index is 0.0329. The molecule has 1 unspecified atom stereocenters. The van der Waals surface area contributed by atoms with Crippen LogP contribution in [0.15, 0.2) is 66.7 Å². The molecule has 2 heterocycles. The molecular formula is C32H32N4O2S. The van der Waals surface area contributed by atoms with E-state index in [0.717, 1.165) is 45.5 Å². The summed E-state index contributed by atoms with van der Waals surface area (Å²) in [5.41, 5.74) is 4.29. The fraction of sp³-hybridized carbons (Fsp3) is 0.281. The van der Waals surface area contributed by atoms with Crippen molar-refractivity contribution in [2.75, 3.05) is 16.4 Å². The van der Waals surface area contributed by atoms with Gasteiger partial charge in [-0.2, -0.15) is 5.10 Å². The molecule has 1 fully saturated rings. The highest BCUT2D eigenvalue weighted by Gasteiger charge is 2.24. The number of aromatic nitrogens is 2. The Morgan fingerprint density at radius 2 is 1.79 bits per heavy atom. The zero-order chi connectivity index (χ0) is 27.6. The van der Waals surface area contributed by atoms with Crippen LogP contribution in [0.1, 0.15) is 50.4 Å². The number of thioether (sulfide) groups is 1. The minimum atomic E-state index is -0.357. The molecule has 1 aromatic heterocycles. The second-order valence-electron chi connectivity index (χ2n) is 10.9. The van der Waals surface area contributed by atoms with Crippen LogP contribution >= 0.6 is 11.8 Å². The summed E-state index contributed by atoms with van der Waals surface area (Å²) in [5.74, 6) is 7.97. The molecular weight excluding hydrogens is 504 g/mol. The normalized spacial score (nSPS) is 15.2. The third kappa shape index (κ3) is 6.02. The molecule has 6 nitrogen and oxygen atoms in total. The summed E-state index contributed by atoms with van der Waals surface area (Å²) in [6.07, 6.45) is 1.48. The first-order chi connectivity index (χ1) is 18.7. The summed E-state index contributed by atoms with van der Waals surface area (Å²) >= 11 is 1.41. The molecule has 0 bridgehead atoms. The Morgan fingerprint density at radius 1 is 1.05 bits per heavy atom. The standard InChI is InChI=1S/C32H32N4O2S/c1-21-12-15-24(16-13-21)36-29(20-28(35-36)32(2,3)4)34-31(38)33-27-17-14-22(25-10-5-6-11-26(25)27)8-7-9-23-18-19-39-30(23)37/h5-6,10-17,20,23H,9,18-19H2,1-4H3,(H2,33,34,38). The zero-order valence-corrected chi connectivity index (χ0v) is 23.5. The molecule has 1 aliphatic heterocycles. The summed E-state index contributed by atoms with van der Waals surface area (Å²) in [6.45, 7) is 8.33. The highest BCUT2D eigenvalue weighted by molar-refractivity contribution is 8.14. The molecule has 0 radical (unpaired) electrons. The van der Waals surface area contributed by atoms with Gasteiger partial charge in [0.15, 0.2) is 5.12 Å². The molecule has 1 saturated heterocycles. The van der Waals surface area contributed by atoms with Gasteiger partial charge in [0, 0.05) is 40.5 Å². The van der Waals surface area contributed by atoms with Gasteiger partial charge in [-0.25, -0.2) is 9.48 Å². The highest BCUT2D eigenvalue weighted by Crippen LogP contribution is 2.30.